The van der Waals surface area contributed by atoms with Gasteiger partial charge in [-0.2, -0.15) is 0 Å². The number of nitrogens with one attached hydrogen (secondary N) is 2. The molecule has 0 saturated heterocycles. The second-order valence-electron chi connectivity index (χ2n) is 7.44. The van der Waals surface area contributed by atoms with Gasteiger partial charge in [-0.3, -0.25) is 4.99 Å². The normalized spacial score (nSPS) is 15.3. The highest BCUT2D eigenvalue weighted by molar-refractivity contribution is 14.0. The van der Waals surface area contributed by atoms with E-state index < -0.39 is 0 Å². The van der Waals surface area contributed by atoms with Crippen LogP contribution in [0.25, 0.3) is 0 Å². The Labute approximate surface area is 196 Å². The quantitative estimate of drug-likeness (QED) is 0.226. The van der Waals surface area contributed by atoms with Crippen molar-refractivity contribution < 1.29 is 9.47 Å². The first-order chi connectivity index (χ1) is 14.3. The summed E-state index contributed by atoms with van der Waals surface area (Å²) in [7, 11) is 3.46. The Morgan fingerprint density at radius 1 is 1.07 bits per heavy atom. The summed E-state index contributed by atoms with van der Waals surface area (Å²) in [5.41, 5.74) is 2.59. The van der Waals surface area contributed by atoms with Crippen LogP contribution < -0.4 is 15.4 Å². The number of aliphatic imine (C=N–C) groups is 1. The monoisotopic (exact) mass is 524 g/mol. The van der Waals surface area contributed by atoms with Crippen LogP contribution in [0.2, 0.25) is 0 Å². The lowest BCUT2D eigenvalue weighted by Gasteiger charge is -2.30. The maximum atomic E-state index is 5.72. The highest BCUT2D eigenvalue weighted by atomic mass is 127. The minimum Gasteiger partial charge on any atom is -0.475 e. The number of aromatic nitrogens is 1. The Bertz CT molecular complexity index is 780. The second kappa shape index (κ2) is 12.7. The molecule has 1 aliphatic carbocycles. The van der Waals surface area contributed by atoms with Crippen LogP contribution in [0.15, 0.2) is 53.7 Å². The smallest absolute Gasteiger partial charge is 0.218 e. The molecule has 2 aromatic rings. The van der Waals surface area contributed by atoms with E-state index in [-0.39, 0.29) is 29.4 Å². The van der Waals surface area contributed by atoms with Gasteiger partial charge in [-0.05, 0) is 24.5 Å². The zero-order valence-corrected chi connectivity index (χ0v) is 20.2. The van der Waals surface area contributed by atoms with Crippen LogP contribution >= 0.6 is 24.0 Å². The van der Waals surface area contributed by atoms with E-state index in [9.17, 15) is 0 Å². The van der Waals surface area contributed by atoms with Crippen molar-refractivity contribution in [3.05, 3.63) is 59.8 Å². The molecule has 7 heteroatoms. The molecule has 1 heterocycles. The zero-order chi connectivity index (χ0) is 20.4. The molecule has 0 spiro atoms. The fraction of sp³-hybridized carbons (Fsp3) is 0.478. The van der Waals surface area contributed by atoms with Gasteiger partial charge in [0.2, 0.25) is 5.88 Å². The van der Waals surface area contributed by atoms with Crippen molar-refractivity contribution in [2.75, 3.05) is 33.9 Å². The average molecular weight is 524 g/mol. The summed E-state index contributed by atoms with van der Waals surface area (Å²) in [5, 5.41) is 6.95. The van der Waals surface area contributed by atoms with Crippen molar-refractivity contribution in [1.82, 2.24) is 15.6 Å². The lowest BCUT2D eigenvalue weighted by molar-refractivity contribution is 0.143. The fourth-order valence-electron chi connectivity index (χ4n) is 3.97. The third kappa shape index (κ3) is 6.57. The van der Waals surface area contributed by atoms with Crippen LogP contribution in [-0.4, -0.2) is 44.9 Å². The molecular weight excluding hydrogens is 491 g/mol. The molecule has 1 aliphatic rings. The van der Waals surface area contributed by atoms with Gasteiger partial charge in [-0.1, -0.05) is 49.2 Å². The maximum absolute atomic E-state index is 5.72. The van der Waals surface area contributed by atoms with Crippen LogP contribution in [0.5, 0.6) is 5.88 Å². The number of pyridine rings is 1. The Hall–Kier alpha value is -1.87. The molecule has 0 unspecified atom stereocenters. The van der Waals surface area contributed by atoms with Crippen LogP contribution in [0.4, 0.5) is 0 Å². The van der Waals surface area contributed by atoms with Crippen molar-refractivity contribution in [1.29, 1.82) is 0 Å². The lowest BCUT2D eigenvalue weighted by Crippen LogP contribution is -2.44. The molecule has 0 radical (unpaired) electrons. The van der Waals surface area contributed by atoms with Crippen LogP contribution in [0.3, 0.4) is 0 Å². The Balaban J connectivity index is 0.00000320. The van der Waals surface area contributed by atoms with Crippen molar-refractivity contribution in [3.63, 3.8) is 0 Å². The Morgan fingerprint density at radius 2 is 1.83 bits per heavy atom. The zero-order valence-electron chi connectivity index (χ0n) is 17.9. The fourth-order valence-corrected chi connectivity index (χ4v) is 3.97. The van der Waals surface area contributed by atoms with Crippen LogP contribution in [0, 0.1) is 0 Å². The number of guanidine groups is 1. The molecule has 0 atom stereocenters. The van der Waals surface area contributed by atoms with E-state index in [1.165, 1.54) is 31.2 Å². The molecule has 164 valence electrons. The average Bonchev–Trinajstić information content (AvgIpc) is 3.26. The molecule has 3 rings (SSSR count). The number of nitrogens with zero attached hydrogens (tertiary/aromatic N) is 2. The van der Waals surface area contributed by atoms with Gasteiger partial charge in [0.05, 0.1) is 6.61 Å². The first-order valence-corrected chi connectivity index (χ1v) is 10.3. The highest BCUT2D eigenvalue weighted by Crippen LogP contribution is 2.40. The second-order valence-corrected chi connectivity index (χ2v) is 7.44. The van der Waals surface area contributed by atoms with E-state index in [4.69, 9.17) is 9.47 Å². The molecule has 0 aliphatic heterocycles. The summed E-state index contributed by atoms with van der Waals surface area (Å²) < 4.78 is 10.8. The lowest BCUT2D eigenvalue weighted by atomic mass is 9.79. The van der Waals surface area contributed by atoms with E-state index >= 15 is 0 Å². The predicted octanol–water partition coefficient (Wildman–Crippen LogP) is 3.90. The number of rotatable bonds is 9. The molecule has 1 aromatic heterocycles. The van der Waals surface area contributed by atoms with E-state index in [2.05, 4.69) is 50.9 Å². The van der Waals surface area contributed by atoms with E-state index in [0.717, 1.165) is 18.1 Å². The van der Waals surface area contributed by atoms with Crippen LogP contribution in [-0.2, 0) is 16.7 Å². The van der Waals surface area contributed by atoms with E-state index in [0.29, 0.717) is 25.6 Å². The molecule has 1 saturated carbocycles. The largest absolute Gasteiger partial charge is 0.475 e. The summed E-state index contributed by atoms with van der Waals surface area (Å²) >= 11 is 0. The predicted molar refractivity (Wildman–Crippen MR) is 132 cm³/mol. The molecule has 0 bridgehead atoms. The first-order valence-electron chi connectivity index (χ1n) is 10.3. The summed E-state index contributed by atoms with van der Waals surface area (Å²) in [4.78, 5) is 8.74. The highest BCUT2D eigenvalue weighted by Gasteiger charge is 2.35. The van der Waals surface area contributed by atoms with E-state index in [1.54, 1.807) is 20.4 Å². The number of halogens is 1. The number of ether oxygens (including phenoxy) is 2. The third-order valence-corrected chi connectivity index (χ3v) is 5.59. The minimum atomic E-state index is 0. The number of hydrogen-bond donors (Lipinski definition) is 2. The molecule has 1 aromatic carbocycles. The molecule has 0 amide bonds. The first kappa shape index (κ1) is 24.4. The Kier molecular flexibility index (Phi) is 10.4. The third-order valence-electron chi connectivity index (χ3n) is 5.59. The summed E-state index contributed by atoms with van der Waals surface area (Å²) in [6.07, 6.45) is 6.71. The van der Waals surface area contributed by atoms with Gasteiger partial charge in [-0.25, -0.2) is 4.98 Å². The number of methoxy groups -OCH3 is 1. The van der Waals surface area contributed by atoms with Gasteiger partial charge >= 0.3 is 0 Å². The SMILES string of the molecule is CN=C(NCc1cccnc1OCCOC)NCC1(c2ccccc2)CCCC1.I. The summed E-state index contributed by atoms with van der Waals surface area (Å²) in [6.45, 7) is 2.48. The number of hydrogen-bond acceptors (Lipinski definition) is 4. The number of benzene rings is 1. The molecule has 30 heavy (non-hydrogen) atoms. The summed E-state index contributed by atoms with van der Waals surface area (Å²) in [5.74, 6) is 1.42. The topological polar surface area (TPSA) is 67.8 Å². The standard InChI is InChI=1S/C23H32N4O2.HI/c1-24-22(26-17-19-9-8-14-25-21(19)29-16-15-28-2)27-18-23(12-6-7-13-23)20-10-4-3-5-11-20;/h3-5,8-11,14H,6-7,12-13,15-18H2,1-2H3,(H2,24,26,27);1H. The van der Waals surface area contributed by atoms with Gasteiger partial charge in [0.25, 0.3) is 0 Å². The molecule has 6 nitrogen and oxygen atoms in total. The van der Waals surface area contributed by atoms with Crippen molar-refractivity contribution in [3.8, 4) is 5.88 Å². The van der Waals surface area contributed by atoms with Gasteiger partial charge < -0.3 is 20.1 Å². The minimum absolute atomic E-state index is 0. The van der Waals surface area contributed by atoms with Crippen LogP contribution in [0.1, 0.15) is 36.8 Å². The maximum Gasteiger partial charge on any atom is 0.218 e. The van der Waals surface area contributed by atoms with Gasteiger partial charge in [0, 0.05) is 44.4 Å². The molecular formula is C23H33IN4O2. The van der Waals surface area contributed by atoms with Gasteiger partial charge in [-0.15, -0.1) is 24.0 Å². The summed E-state index contributed by atoms with van der Waals surface area (Å²) in [6, 6.07) is 14.8. The van der Waals surface area contributed by atoms with Crippen molar-refractivity contribution in [2.24, 2.45) is 4.99 Å². The van der Waals surface area contributed by atoms with Gasteiger partial charge in [0.1, 0.15) is 6.61 Å². The molecule has 1 fully saturated rings. The molecule has 2 N–H and O–H groups in total. The van der Waals surface area contributed by atoms with Gasteiger partial charge in [0.15, 0.2) is 5.96 Å². The van der Waals surface area contributed by atoms with E-state index in [1.807, 2.05) is 12.1 Å². The van der Waals surface area contributed by atoms with Crippen molar-refractivity contribution in [2.45, 2.75) is 37.6 Å². The Morgan fingerprint density at radius 3 is 2.53 bits per heavy atom. The van der Waals surface area contributed by atoms with Crippen molar-refractivity contribution >= 4 is 29.9 Å².